The standard InChI is InChI=1S/C15H21ClN4O/c16-13-1-2-14(19-18-13)17-15-11-8-20(9-12(11)15)7-10-3-5-21-6-4-10/h1-2,10-12,15H,3-9H2,(H,17,19). The quantitative estimate of drug-likeness (QED) is 0.920. The predicted octanol–water partition coefficient (Wildman–Crippen LogP) is 1.90. The van der Waals surface area contributed by atoms with Gasteiger partial charge in [-0.25, -0.2) is 0 Å². The van der Waals surface area contributed by atoms with Crippen molar-refractivity contribution in [2.75, 3.05) is 38.2 Å². The van der Waals surface area contributed by atoms with Crippen molar-refractivity contribution in [1.82, 2.24) is 15.1 Å². The van der Waals surface area contributed by atoms with E-state index in [4.69, 9.17) is 16.3 Å². The molecule has 114 valence electrons. The Balaban J connectivity index is 1.24. The zero-order valence-electron chi connectivity index (χ0n) is 12.0. The van der Waals surface area contributed by atoms with Crippen LogP contribution in [0.2, 0.25) is 5.15 Å². The van der Waals surface area contributed by atoms with Crippen molar-refractivity contribution in [3.63, 3.8) is 0 Å². The molecule has 2 atom stereocenters. The lowest BCUT2D eigenvalue weighted by molar-refractivity contribution is 0.0540. The lowest BCUT2D eigenvalue weighted by atomic mass is 10.00. The van der Waals surface area contributed by atoms with Gasteiger partial charge in [-0.15, -0.1) is 10.2 Å². The Hall–Kier alpha value is -0.910. The highest BCUT2D eigenvalue weighted by atomic mass is 35.5. The molecule has 4 rings (SSSR count). The summed E-state index contributed by atoms with van der Waals surface area (Å²) < 4.78 is 5.44. The van der Waals surface area contributed by atoms with E-state index in [1.165, 1.54) is 32.5 Å². The molecule has 2 aliphatic heterocycles. The van der Waals surface area contributed by atoms with Crippen molar-refractivity contribution >= 4 is 17.4 Å². The number of hydrogen-bond donors (Lipinski definition) is 1. The molecule has 5 nitrogen and oxygen atoms in total. The summed E-state index contributed by atoms with van der Waals surface area (Å²) in [5, 5.41) is 11.9. The third kappa shape index (κ3) is 3.00. The average molecular weight is 309 g/mol. The van der Waals surface area contributed by atoms with Gasteiger partial charge in [-0.3, -0.25) is 0 Å². The van der Waals surface area contributed by atoms with Crippen molar-refractivity contribution in [2.45, 2.75) is 18.9 Å². The summed E-state index contributed by atoms with van der Waals surface area (Å²) in [5.41, 5.74) is 0. The van der Waals surface area contributed by atoms with Crippen LogP contribution in [0.4, 0.5) is 5.82 Å². The molecule has 1 aliphatic carbocycles. The van der Waals surface area contributed by atoms with Gasteiger partial charge in [0, 0.05) is 38.9 Å². The largest absolute Gasteiger partial charge is 0.381 e. The molecule has 0 amide bonds. The highest BCUT2D eigenvalue weighted by Gasteiger charge is 2.55. The Labute approximate surface area is 130 Å². The van der Waals surface area contributed by atoms with Crippen LogP contribution in [-0.2, 0) is 4.74 Å². The molecule has 0 bridgehead atoms. The smallest absolute Gasteiger partial charge is 0.151 e. The topological polar surface area (TPSA) is 50.3 Å². The van der Waals surface area contributed by atoms with Gasteiger partial charge in [-0.1, -0.05) is 11.6 Å². The van der Waals surface area contributed by atoms with Gasteiger partial charge in [0.1, 0.15) is 5.82 Å². The third-order valence-electron chi connectivity index (χ3n) is 5.07. The van der Waals surface area contributed by atoms with Crippen LogP contribution in [0.3, 0.4) is 0 Å². The molecule has 3 aliphatic rings. The second-order valence-electron chi connectivity index (χ2n) is 6.51. The minimum atomic E-state index is 0.444. The lowest BCUT2D eigenvalue weighted by Gasteiger charge is -2.28. The Bertz CT molecular complexity index is 479. The zero-order valence-corrected chi connectivity index (χ0v) is 12.8. The number of likely N-dealkylation sites (tertiary alicyclic amines) is 1. The highest BCUT2D eigenvalue weighted by Crippen LogP contribution is 2.47. The minimum Gasteiger partial charge on any atom is -0.381 e. The van der Waals surface area contributed by atoms with Gasteiger partial charge in [0.05, 0.1) is 0 Å². The fraction of sp³-hybridized carbons (Fsp3) is 0.733. The van der Waals surface area contributed by atoms with E-state index in [-0.39, 0.29) is 0 Å². The SMILES string of the molecule is Clc1ccc(NC2C3CN(CC4CCOCC4)CC32)nn1. The molecule has 1 aromatic heterocycles. The zero-order chi connectivity index (χ0) is 14.2. The van der Waals surface area contributed by atoms with Gasteiger partial charge in [0.25, 0.3) is 0 Å². The van der Waals surface area contributed by atoms with Crippen molar-refractivity contribution in [1.29, 1.82) is 0 Å². The fourth-order valence-corrected chi connectivity index (χ4v) is 3.94. The maximum Gasteiger partial charge on any atom is 0.151 e. The van der Waals surface area contributed by atoms with Crippen LogP contribution in [0.5, 0.6) is 0 Å². The summed E-state index contributed by atoms with van der Waals surface area (Å²) >= 11 is 5.75. The number of piperidine rings is 1. The maximum atomic E-state index is 5.75. The number of hydrogen-bond acceptors (Lipinski definition) is 5. The molecule has 1 saturated carbocycles. The van der Waals surface area contributed by atoms with Crippen LogP contribution in [0.1, 0.15) is 12.8 Å². The van der Waals surface area contributed by atoms with E-state index >= 15 is 0 Å². The number of rotatable bonds is 4. The summed E-state index contributed by atoms with van der Waals surface area (Å²) in [7, 11) is 0. The number of nitrogens with zero attached hydrogens (tertiary/aromatic N) is 3. The second-order valence-corrected chi connectivity index (χ2v) is 6.90. The summed E-state index contributed by atoms with van der Waals surface area (Å²) in [6, 6.07) is 4.27. The van der Waals surface area contributed by atoms with Gasteiger partial charge in [-0.2, -0.15) is 0 Å². The molecular formula is C15H21ClN4O. The maximum absolute atomic E-state index is 5.75. The average Bonchev–Trinajstić information content (AvgIpc) is 2.94. The van der Waals surface area contributed by atoms with Crippen molar-refractivity contribution in [3.05, 3.63) is 17.3 Å². The van der Waals surface area contributed by atoms with Crippen molar-refractivity contribution in [2.24, 2.45) is 17.8 Å². The number of anilines is 1. The first-order valence-electron chi connectivity index (χ1n) is 7.85. The van der Waals surface area contributed by atoms with Crippen molar-refractivity contribution < 1.29 is 4.74 Å². The molecule has 21 heavy (non-hydrogen) atoms. The van der Waals surface area contributed by atoms with Gasteiger partial charge in [0.2, 0.25) is 0 Å². The van der Waals surface area contributed by atoms with E-state index in [1.807, 2.05) is 6.07 Å². The van der Waals surface area contributed by atoms with Crippen LogP contribution in [0, 0.1) is 17.8 Å². The van der Waals surface area contributed by atoms with Gasteiger partial charge < -0.3 is 15.0 Å². The number of halogens is 1. The van der Waals surface area contributed by atoms with E-state index in [2.05, 4.69) is 20.4 Å². The highest BCUT2D eigenvalue weighted by molar-refractivity contribution is 6.29. The molecule has 1 aromatic rings. The van der Waals surface area contributed by atoms with Crippen LogP contribution < -0.4 is 5.32 Å². The van der Waals surface area contributed by atoms with Crippen LogP contribution in [0.15, 0.2) is 12.1 Å². The molecule has 2 unspecified atom stereocenters. The predicted molar refractivity (Wildman–Crippen MR) is 81.4 cm³/mol. The van der Waals surface area contributed by atoms with Gasteiger partial charge in [0.15, 0.2) is 5.15 Å². The molecule has 0 radical (unpaired) electrons. The summed E-state index contributed by atoms with van der Waals surface area (Å²) in [6.45, 7) is 5.60. The molecular weight excluding hydrogens is 288 g/mol. The Morgan fingerprint density at radius 3 is 2.62 bits per heavy atom. The van der Waals surface area contributed by atoms with Crippen LogP contribution >= 0.6 is 11.6 Å². The number of aromatic nitrogens is 2. The molecule has 1 N–H and O–H groups in total. The minimum absolute atomic E-state index is 0.444. The van der Waals surface area contributed by atoms with Crippen LogP contribution in [0.25, 0.3) is 0 Å². The number of fused-ring (bicyclic) bond motifs is 1. The first-order valence-corrected chi connectivity index (χ1v) is 8.23. The molecule has 3 fully saturated rings. The Morgan fingerprint density at radius 1 is 1.19 bits per heavy atom. The fourth-order valence-electron chi connectivity index (χ4n) is 3.83. The molecule has 0 aromatic carbocycles. The third-order valence-corrected chi connectivity index (χ3v) is 5.28. The molecule has 2 saturated heterocycles. The normalized spacial score (nSPS) is 32.9. The lowest BCUT2D eigenvalue weighted by Crippen LogP contribution is -2.34. The molecule has 3 heterocycles. The van der Waals surface area contributed by atoms with Gasteiger partial charge in [-0.05, 0) is 42.7 Å². The van der Waals surface area contributed by atoms with E-state index in [0.29, 0.717) is 11.2 Å². The van der Waals surface area contributed by atoms with Gasteiger partial charge >= 0.3 is 0 Å². The van der Waals surface area contributed by atoms with E-state index < -0.39 is 0 Å². The number of ether oxygens (including phenoxy) is 1. The van der Waals surface area contributed by atoms with E-state index in [0.717, 1.165) is 36.8 Å². The van der Waals surface area contributed by atoms with E-state index in [1.54, 1.807) is 6.07 Å². The van der Waals surface area contributed by atoms with E-state index in [9.17, 15) is 0 Å². The first-order chi connectivity index (χ1) is 10.3. The summed E-state index contributed by atoms with van der Waals surface area (Å²) in [5.74, 6) is 3.24. The first kappa shape index (κ1) is 13.7. The molecule has 0 spiro atoms. The molecule has 6 heteroatoms. The van der Waals surface area contributed by atoms with Crippen LogP contribution in [-0.4, -0.2) is 54.0 Å². The number of nitrogens with one attached hydrogen (secondary N) is 1. The summed E-state index contributed by atoms with van der Waals surface area (Å²) in [4.78, 5) is 2.64. The Kier molecular flexibility index (Phi) is 3.73. The Morgan fingerprint density at radius 2 is 1.95 bits per heavy atom. The monoisotopic (exact) mass is 308 g/mol. The van der Waals surface area contributed by atoms with Crippen molar-refractivity contribution in [3.8, 4) is 0 Å². The summed E-state index contributed by atoms with van der Waals surface area (Å²) in [6.07, 6.45) is 2.46. The second kappa shape index (κ2) is 5.71.